The van der Waals surface area contributed by atoms with Crippen molar-refractivity contribution in [3.8, 4) is 0 Å². The molecule has 24 heavy (non-hydrogen) atoms. The van der Waals surface area contributed by atoms with Gasteiger partial charge in [0.1, 0.15) is 0 Å². The summed E-state index contributed by atoms with van der Waals surface area (Å²) in [5.74, 6) is 0. The van der Waals surface area contributed by atoms with Gasteiger partial charge in [-0.25, -0.2) is 0 Å². The first-order chi connectivity index (χ1) is 11.3. The number of hydrogen-bond acceptors (Lipinski definition) is 4. The van der Waals surface area contributed by atoms with Crippen LogP contribution in [0.2, 0.25) is 0 Å². The van der Waals surface area contributed by atoms with Crippen LogP contribution in [0.4, 0.5) is 0 Å². The Hall–Kier alpha value is -0.580. The first-order valence-corrected chi connectivity index (χ1v) is 9.61. The van der Waals surface area contributed by atoms with Gasteiger partial charge in [0.15, 0.2) is 0 Å². The molecule has 0 aromatic heterocycles. The minimum absolute atomic E-state index is 0.0507. The van der Waals surface area contributed by atoms with Crippen LogP contribution in [0.15, 0.2) is 11.3 Å². The van der Waals surface area contributed by atoms with E-state index >= 15 is 0 Å². The number of nitrogens with zero attached hydrogens (tertiary/aromatic N) is 2. The molecular weight excluding hydrogens is 298 g/mol. The number of nitrogens with one attached hydrogen (secondary N) is 1. The number of ether oxygens (including phenoxy) is 1. The van der Waals surface area contributed by atoms with Crippen LogP contribution in [0.3, 0.4) is 0 Å². The Morgan fingerprint density at radius 1 is 1.12 bits per heavy atom. The van der Waals surface area contributed by atoms with Crippen LogP contribution in [-0.2, 0) is 4.74 Å². The van der Waals surface area contributed by atoms with Gasteiger partial charge in [-0.2, -0.15) is 0 Å². The molecule has 0 aliphatic heterocycles. The number of allylic oxidation sites excluding steroid dienone is 1. The average molecular weight is 340 g/mol. The topological polar surface area (TPSA) is 27.7 Å². The molecular formula is C20H41N3O. The second-order valence-corrected chi connectivity index (χ2v) is 7.81. The van der Waals surface area contributed by atoms with Gasteiger partial charge in [-0.1, -0.05) is 0 Å². The van der Waals surface area contributed by atoms with Crippen molar-refractivity contribution < 1.29 is 4.74 Å². The van der Waals surface area contributed by atoms with E-state index in [0.29, 0.717) is 12.1 Å². The maximum atomic E-state index is 5.22. The Morgan fingerprint density at radius 2 is 1.67 bits per heavy atom. The molecule has 142 valence electrons. The van der Waals surface area contributed by atoms with Crippen LogP contribution in [0.5, 0.6) is 0 Å². The van der Waals surface area contributed by atoms with E-state index in [4.69, 9.17) is 4.74 Å². The van der Waals surface area contributed by atoms with Crippen LogP contribution in [-0.4, -0.2) is 68.3 Å². The molecule has 1 aliphatic rings. The molecule has 0 bridgehead atoms. The smallest absolute Gasteiger partial charge is 0.0589 e. The molecule has 0 unspecified atom stereocenters. The first-order valence-electron chi connectivity index (χ1n) is 9.61. The van der Waals surface area contributed by atoms with E-state index in [1.807, 2.05) is 7.05 Å². The molecule has 0 atom stereocenters. The van der Waals surface area contributed by atoms with Crippen LogP contribution in [0.1, 0.15) is 60.3 Å². The van der Waals surface area contributed by atoms with Crippen molar-refractivity contribution in [1.29, 1.82) is 0 Å². The molecule has 1 aliphatic carbocycles. The summed E-state index contributed by atoms with van der Waals surface area (Å²) < 4.78 is 5.22. The van der Waals surface area contributed by atoms with Crippen molar-refractivity contribution in [1.82, 2.24) is 15.1 Å². The van der Waals surface area contributed by atoms with E-state index < -0.39 is 0 Å². The van der Waals surface area contributed by atoms with Crippen molar-refractivity contribution in [2.75, 3.05) is 40.9 Å². The summed E-state index contributed by atoms with van der Waals surface area (Å²) in [5.41, 5.74) is 2.95. The molecule has 0 saturated heterocycles. The van der Waals surface area contributed by atoms with E-state index in [9.17, 15) is 0 Å². The molecule has 0 amide bonds. The van der Waals surface area contributed by atoms with E-state index in [2.05, 4.69) is 56.8 Å². The fourth-order valence-corrected chi connectivity index (χ4v) is 3.85. The molecule has 1 N–H and O–H groups in total. The number of rotatable bonds is 9. The third-order valence-electron chi connectivity index (χ3n) is 6.26. The number of likely N-dealkylation sites (N-methyl/N-ethyl adjacent to an activating group) is 2. The van der Waals surface area contributed by atoms with E-state index in [1.165, 1.54) is 37.0 Å². The van der Waals surface area contributed by atoms with Gasteiger partial charge in [0, 0.05) is 43.5 Å². The Kier molecular flexibility index (Phi) is 8.75. The summed E-state index contributed by atoms with van der Waals surface area (Å²) in [6.45, 7) is 14.4. The summed E-state index contributed by atoms with van der Waals surface area (Å²) in [6, 6.07) is 1.40. The van der Waals surface area contributed by atoms with Crippen molar-refractivity contribution in [3.05, 3.63) is 11.3 Å². The predicted octanol–water partition coefficient (Wildman–Crippen LogP) is 3.49. The molecule has 0 heterocycles. The van der Waals surface area contributed by atoms with Crippen molar-refractivity contribution in [3.63, 3.8) is 0 Å². The Bertz CT molecular complexity index is 398. The van der Waals surface area contributed by atoms with Gasteiger partial charge in [0.05, 0.1) is 6.61 Å². The lowest BCUT2D eigenvalue weighted by Crippen LogP contribution is -2.45. The van der Waals surface area contributed by atoms with Crippen LogP contribution < -0.4 is 5.32 Å². The van der Waals surface area contributed by atoms with Crippen molar-refractivity contribution >= 4 is 0 Å². The maximum absolute atomic E-state index is 5.22. The summed E-state index contributed by atoms with van der Waals surface area (Å²) >= 11 is 0. The lowest BCUT2D eigenvalue weighted by atomic mass is 9.87. The molecule has 1 saturated carbocycles. The number of hydrogen-bond donors (Lipinski definition) is 1. The second-order valence-electron chi connectivity index (χ2n) is 7.81. The monoisotopic (exact) mass is 339 g/mol. The molecule has 0 aromatic carbocycles. The molecule has 0 radical (unpaired) electrons. The van der Waals surface area contributed by atoms with Gasteiger partial charge >= 0.3 is 0 Å². The number of methoxy groups -OCH3 is 1. The van der Waals surface area contributed by atoms with Gasteiger partial charge in [0.2, 0.25) is 0 Å². The van der Waals surface area contributed by atoms with Gasteiger partial charge in [0.25, 0.3) is 0 Å². The van der Waals surface area contributed by atoms with E-state index in [-0.39, 0.29) is 5.54 Å². The highest BCUT2D eigenvalue weighted by Gasteiger charge is 2.29. The van der Waals surface area contributed by atoms with E-state index in [0.717, 1.165) is 19.7 Å². The van der Waals surface area contributed by atoms with Crippen LogP contribution in [0.25, 0.3) is 0 Å². The fraction of sp³-hybridized carbons (Fsp3) is 0.900. The highest BCUT2D eigenvalue weighted by molar-refractivity contribution is 5.21. The lowest BCUT2D eigenvalue weighted by molar-refractivity contribution is 0.1000. The minimum Gasteiger partial charge on any atom is -0.383 e. The molecule has 0 spiro atoms. The SMILES string of the molecule is CCN(/C(C)=C(\C)C(C)(C)NC)C1CCC(N(C)CCOC)CC1. The van der Waals surface area contributed by atoms with Crippen LogP contribution >= 0.6 is 0 Å². The average Bonchev–Trinajstić information content (AvgIpc) is 2.59. The van der Waals surface area contributed by atoms with Crippen molar-refractivity contribution in [2.45, 2.75) is 77.9 Å². The maximum Gasteiger partial charge on any atom is 0.0589 e. The molecule has 1 fully saturated rings. The highest BCUT2D eigenvalue weighted by Crippen LogP contribution is 2.30. The first kappa shape index (κ1) is 21.5. The standard InChI is InChI=1S/C20H41N3O/c1-9-23(17(3)16(2)20(4,5)21-6)19-12-10-18(11-13-19)22(7)14-15-24-8/h18-19,21H,9-15H2,1-8H3/b17-16+. The lowest BCUT2D eigenvalue weighted by Gasteiger charge is -2.42. The predicted molar refractivity (Wildman–Crippen MR) is 104 cm³/mol. The van der Waals surface area contributed by atoms with Crippen molar-refractivity contribution in [2.24, 2.45) is 0 Å². The third kappa shape index (κ3) is 5.47. The molecule has 4 heteroatoms. The summed E-state index contributed by atoms with van der Waals surface area (Å²) in [7, 11) is 6.08. The third-order valence-corrected chi connectivity index (χ3v) is 6.26. The molecule has 0 aromatic rings. The highest BCUT2D eigenvalue weighted by atomic mass is 16.5. The zero-order valence-corrected chi connectivity index (χ0v) is 17.4. The van der Waals surface area contributed by atoms with Gasteiger partial charge < -0.3 is 19.9 Å². The summed E-state index contributed by atoms with van der Waals surface area (Å²) in [4.78, 5) is 5.12. The van der Waals surface area contributed by atoms with Gasteiger partial charge in [-0.15, -0.1) is 0 Å². The summed E-state index contributed by atoms with van der Waals surface area (Å²) in [6.07, 6.45) is 5.17. The van der Waals surface area contributed by atoms with Gasteiger partial charge in [-0.05, 0) is 80.0 Å². The second kappa shape index (κ2) is 9.79. The van der Waals surface area contributed by atoms with Crippen LogP contribution in [0, 0.1) is 0 Å². The Balaban J connectivity index is 2.71. The molecule has 1 rings (SSSR count). The summed E-state index contributed by atoms with van der Waals surface area (Å²) in [5, 5.41) is 3.44. The Labute approximate surface area is 150 Å². The fourth-order valence-electron chi connectivity index (χ4n) is 3.85. The quantitative estimate of drug-likeness (QED) is 0.696. The molecule has 4 nitrogen and oxygen atoms in total. The Morgan fingerprint density at radius 3 is 2.12 bits per heavy atom. The largest absolute Gasteiger partial charge is 0.383 e. The zero-order valence-electron chi connectivity index (χ0n) is 17.4. The van der Waals surface area contributed by atoms with Gasteiger partial charge in [-0.3, -0.25) is 0 Å². The normalized spacial score (nSPS) is 23.4. The zero-order chi connectivity index (χ0) is 18.3. The minimum atomic E-state index is 0.0507. The van der Waals surface area contributed by atoms with E-state index in [1.54, 1.807) is 7.11 Å².